The van der Waals surface area contributed by atoms with Crippen molar-refractivity contribution >= 4 is 78.7 Å². The number of hydrogen-bond acceptors (Lipinski definition) is 4. The highest BCUT2D eigenvalue weighted by Crippen LogP contribution is 2.41. The molecular weight excluding hydrogens is 426 g/mol. The zero-order chi connectivity index (χ0) is 16.8. The van der Waals surface area contributed by atoms with Crippen molar-refractivity contribution in [3.63, 3.8) is 0 Å². The van der Waals surface area contributed by atoms with Crippen molar-refractivity contribution in [1.29, 1.82) is 0 Å². The van der Waals surface area contributed by atoms with E-state index in [1.54, 1.807) is 36.4 Å². The van der Waals surface area contributed by atoms with Crippen molar-refractivity contribution < 1.29 is 0 Å². The molecule has 120 valence electrons. The van der Waals surface area contributed by atoms with Crippen LogP contribution in [0.2, 0.25) is 20.1 Å². The van der Waals surface area contributed by atoms with Crippen molar-refractivity contribution in [1.82, 2.24) is 9.97 Å². The molecule has 0 radical (unpaired) electrons. The molecular formula is C16H6Cl4N2S2. The number of fused-ring (bicyclic) bond motifs is 1. The number of halogens is 4. The predicted molar refractivity (Wildman–Crippen MR) is 106 cm³/mol. The molecule has 0 aliphatic carbocycles. The number of thiazole rings is 2. The second kappa shape index (κ2) is 6.45. The van der Waals surface area contributed by atoms with E-state index in [0.717, 1.165) is 30.8 Å². The molecule has 0 aliphatic heterocycles. The summed E-state index contributed by atoms with van der Waals surface area (Å²) in [7, 11) is 0. The minimum Gasteiger partial charge on any atom is -0.223 e. The molecule has 4 aromatic rings. The first-order chi connectivity index (χ1) is 11.5. The number of hydrogen-bond donors (Lipinski definition) is 0. The fourth-order valence-corrected chi connectivity index (χ4v) is 5.17. The topological polar surface area (TPSA) is 25.8 Å². The van der Waals surface area contributed by atoms with Crippen LogP contribution in [0.4, 0.5) is 0 Å². The van der Waals surface area contributed by atoms with Crippen LogP contribution >= 0.6 is 69.1 Å². The molecule has 0 saturated heterocycles. The Morgan fingerprint density at radius 1 is 0.625 bits per heavy atom. The van der Waals surface area contributed by atoms with Crippen LogP contribution in [-0.2, 0) is 0 Å². The molecule has 0 amide bonds. The zero-order valence-corrected chi connectivity index (χ0v) is 16.3. The van der Waals surface area contributed by atoms with Gasteiger partial charge >= 0.3 is 0 Å². The van der Waals surface area contributed by atoms with Gasteiger partial charge in [0, 0.05) is 21.2 Å². The van der Waals surface area contributed by atoms with Gasteiger partial charge in [-0.3, -0.25) is 0 Å². The second-order valence-electron chi connectivity index (χ2n) is 4.90. The first-order valence-corrected chi connectivity index (χ1v) is 9.84. The summed E-state index contributed by atoms with van der Waals surface area (Å²) in [6.45, 7) is 0. The van der Waals surface area contributed by atoms with Crippen LogP contribution in [-0.4, -0.2) is 9.97 Å². The lowest BCUT2D eigenvalue weighted by Gasteiger charge is -2.01. The molecule has 0 fully saturated rings. The van der Waals surface area contributed by atoms with Gasteiger partial charge in [-0.1, -0.05) is 69.1 Å². The van der Waals surface area contributed by atoms with Crippen molar-refractivity contribution in [3.05, 3.63) is 56.5 Å². The molecule has 4 rings (SSSR count). The minimum atomic E-state index is 0.610. The summed E-state index contributed by atoms with van der Waals surface area (Å²) in [6.07, 6.45) is 0. The molecule has 0 bridgehead atoms. The predicted octanol–water partition coefficient (Wildman–Crippen LogP) is 7.70. The van der Waals surface area contributed by atoms with E-state index in [4.69, 9.17) is 46.4 Å². The van der Waals surface area contributed by atoms with Crippen LogP contribution in [0.1, 0.15) is 0 Å². The Morgan fingerprint density at radius 3 is 1.46 bits per heavy atom. The Labute approximate surface area is 165 Å². The third-order valence-electron chi connectivity index (χ3n) is 3.29. The number of nitrogens with zero attached hydrogens (tertiary/aromatic N) is 2. The Morgan fingerprint density at radius 2 is 1.04 bits per heavy atom. The highest BCUT2D eigenvalue weighted by atomic mass is 35.5. The summed E-state index contributed by atoms with van der Waals surface area (Å²) in [6, 6.07) is 10.6. The standard InChI is InChI=1S/C16H6Cl4N2S2/c17-7-1-3-11(19)9(5-7)13-21-15-16(23-13)22-14(24-15)10-6-8(18)2-4-12(10)20/h1-6H. The van der Waals surface area contributed by atoms with Gasteiger partial charge in [-0.25, -0.2) is 9.97 Å². The van der Waals surface area contributed by atoms with Crippen molar-refractivity contribution in [2.24, 2.45) is 0 Å². The molecule has 0 aliphatic rings. The van der Waals surface area contributed by atoms with E-state index in [0.29, 0.717) is 20.1 Å². The second-order valence-corrected chi connectivity index (χ2v) is 8.54. The molecule has 2 aromatic carbocycles. The van der Waals surface area contributed by atoms with Gasteiger partial charge in [0.05, 0.1) is 10.0 Å². The molecule has 0 spiro atoms. The van der Waals surface area contributed by atoms with Gasteiger partial charge in [-0.05, 0) is 36.4 Å². The summed E-state index contributed by atoms with van der Waals surface area (Å²) in [4.78, 5) is 10.9. The molecule has 0 saturated carbocycles. The Kier molecular flexibility index (Phi) is 4.45. The quantitative estimate of drug-likeness (QED) is 0.324. The average Bonchev–Trinajstić information content (AvgIpc) is 3.10. The monoisotopic (exact) mass is 430 g/mol. The molecule has 0 atom stereocenters. The zero-order valence-electron chi connectivity index (χ0n) is 11.7. The maximum Gasteiger partial charge on any atom is 0.155 e. The van der Waals surface area contributed by atoms with Crippen LogP contribution in [0, 0.1) is 0 Å². The molecule has 2 heterocycles. The van der Waals surface area contributed by atoms with Crippen LogP contribution < -0.4 is 0 Å². The van der Waals surface area contributed by atoms with Gasteiger partial charge in [0.2, 0.25) is 0 Å². The van der Waals surface area contributed by atoms with Gasteiger partial charge in [-0.2, -0.15) is 0 Å². The normalized spacial score (nSPS) is 11.3. The van der Waals surface area contributed by atoms with Crippen LogP contribution in [0.15, 0.2) is 36.4 Å². The van der Waals surface area contributed by atoms with E-state index in [9.17, 15) is 0 Å². The van der Waals surface area contributed by atoms with Gasteiger partial charge in [-0.15, -0.1) is 0 Å². The first-order valence-electron chi connectivity index (χ1n) is 6.69. The highest BCUT2D eigenvalue weighted by molar-refractivity contribution is 7.29. The van der Waals surface area contributed by atoms with Gasteiger partial charge in [0.25, 0.3) is 0 Å². The third kappa shape index (κ3) is 3.03. The van der Waals surface area contributed by atoms with Crippen LogP contribution in [0.25, 0.3) is 30.8 Å². The van der Waals surface area contributed by atoms with Crippen molar-refractivity contribution in [2.45, 2.75) is 0 Å². The van der Waals surface area contributed by atoms with E-state index < -0.39 is 0 Å². The van der Waals surface area contributed by atoms with Crippen LogP contribution in [0.5, 0.6) is 0 Å². The first kappa shape index (κ1) is 16.6. The van der Waals surface area contributed by atoms with Gasteiger partial charge in [0.15, 0.2) is 9.66 Å². The summed E-state index contributed by atoms with van der Waals surface area (Å²) < 4.78 is 0. The molecule has 24 heavy (non-hydrogen) atoms. The molecule has 8 heteroatoms. The lowest BCUT2D eigenvalue weighted by molar-refractivity contribution is 1.48. The smallest absolute Gasteiger partial charge is 0.155 e. The number of rotatable bonds is 2. The maximum absolute atomic E-state index is 6.25. The van der Waals surface area contributed by atoms with E-state index in [1.165, 1.54) is 22.7 Å². The summed E-state index contributed by atoms with van der Waals surface area (Å²) in [5, 5.41) is 4.04. The SMILES string of the molecule is Clc1ccc(Cl)c(-c2nc3sc(-c4cc(Cl)ccc4Cl)nc3s2)c1. The third-order valence-corrected chi connectivity index (χ3v) is 6.52. The van der Waals surface area contributed by atoms with E-state index in [1.807, 2.05) is 0 Å². The average molecular weight is 432 g/mol. The fourth-order valence-electron chi connectivity index (χ4n) is 2.20. The van der Waals surface area contributed by atoms with Crippen LogP contribution in [0.3, 0.4) is 0 Å². The molecule has 2 aromatic heterocycles. The lowest BCUT2D eigenvalue weighted by atomic mass is 10.2. The Bertz CT molecular complexity index is 959. The minimum absolute atomic E-state index is 0.610. The van der Waals surface area contributed by atoms with E-state index in [2.05, 4.69) is 9.97 Å². The Balaban J connectivity index is 1.81. The molecule has 0 N–H and O–H groups in total. The van der Waals surface area contributed by atoms with E-state index >= 15 is 0 Å². The fraction of sp³-hybridized carbons (Fsp3) is 0. The van der Waals surface area contributed by atoms with Crippen molar-refractivity contribution in [2.75, 3.05) is 0 Å². The molecule has 0 unspecified atom stereocenters. The van der Waals surface area contributed by atoms with Gasteiger partial charge < -0.3 is 0 Å². The van der Waals surface area contributed by atoms with E-state index in [-0.39, 0.29) is 0 Å². The summed E-state index contributed by atoms with van der Waals surface area (Å²) in [5.74, 6) is 0. The largest absolute Gasteiger partial charge is 0.223 e. The lowest BCUT2D eigenvalue weighted by Crippen LogP contribution is -1.79. The van der Waals surface area contributed by atoms with Crippen molar-refractivity contribution in [3.8, 4) is 21.1 Å². The molecule has 2 nitrogen and oxygen atoms in total. The maximum atomic E-state index is 6.25. The highest BCUT2D eigenvalue weighted by Gasteiger charge is 2.16. The summed E-state index contributed by atoms with van der Waals surface area (Å²) in [5.41, 5.74) is 1.61. The van der Waals surface area contributed by atoms with Gasteiger partial charge in [0.1, 0.15) is 10.0 Å². The number of aromatic nitrogens is 2. The summed E-state index contributed by atoms with van der Waals surface area (Å²) >= 11 is 27.5. The Hall–Kier alpha value is -0.880. The number of benzene rings is 2.